The fourth-order valence-electron chi connectivity index (χ4n) is 1.31. The van der Waals surface area contributed by atoms with Gasteiger partial charge in [0.05, 0.1) is 4.47 Å². The van der Waals surface area contributed by atoms with Gasteiger partial charge in [-0.25, -0.2) is 4.39 Å². The molecule has 6 nitrogen and oxygen atoms in total. The van der Waals surface area contributed by atoms with E-state index >= 15 is 0 Å². The fourth-order valence-corrected chi connectivity index (χ4v) is 1.74. The van der Waals surface area contributed by atoms with Gasteiger partial charge in [-0.2, -0.15) is 0 Å². The zero-order valence-corrected chi connectivity index (χ0v) is 10.7. The number of halogens is 2. The van der Waals surface area contributed by atoms with Crippen molar-refractivity contribution in [2.75, 3.05) is 0 Å². The lowest BCUT2D eigenvalue weighted by atomic mass is 10.3. The van der Waals surface area contributed by atoms with Crippen molar-refractivity contribution in [3.05, 3.63) is 44.9 Å². The Morgan fingerprint density at radius 1 is 1.56 bits per heavy atom. The van der Waals surface area contributed by atoms with Gasteiger partial charge >= 0.3 is 11.7 Å². The highest BCUT2D eigenvalue weighted by Crippen LogP contribution is 2.34. The summed E-state index contributed by atoms with van der Waals surface area (Å²) >= 11 is 3.11. The molecule has 0 aliphatic heterocycles. The molecule has 94 valence electrons. The Hall–Kier alpha value is -1.96. The SMILES string of the molecule is Cn1cnc([N+](=O)[O-])c1Oc1ccc(F)cc1Br. The molecule has 0 amide bonds. The predicted molar refractivity (Wildman–Crippen MR) is 64.0 cm³/mol. The molecule has 18 heavy (non-hydrogen) atoms. The average Bonchev–Trinajstić information content (AvgIpc) is 2.64. The third kappa shape index (κ3) is 2.33. The molecule has 0 bridgehead atoms. The van der Waals surface area contributed by atoms with Gasteiger partial charge in [-0.05, 0) is 44.0 Å². The number of ether oxygens (including phenoxy) is 1. The van der Waals surface area contributed by atoms with Gasteiger partial charge in [-0.3, -0.25) is 4.57 Å². The van der Waals surface area contributed by atoms with Crippen molar-refractivity contribution in [2.24, 2.45) is 7.05 Å². The molecule has 1 aromatic carbocycles. The van der Waals surface area contributed by atoms with Gasteiger partial charge in [-0.1, -0.05) is 0 Å². The molecule has 0 atom stereocenters. The second-order valence-corrected chi connectivity index (χ2v) is 4.27. The van der Waals surface area contributed by atoms with E-state index in [9.17, 15) is 14.5 Å². The van der Waals surface area contributed by atoms with Crippen LogP contribution >= 0.6 is 15.9 Å². The molecule has 0 unspecified atom stereocenters. The van der Waals surface area contributed by atoms with Gasteiger partial charge in [0.1, 0.15) is 11.6 Å². The van der Waals surface area contributed by atoms with Crippen LogP contribution in [-0.4, -0.2) is 14.5 Å². The summed E-state index contributed by atoms with van der Waals surface area (Å²) in [6.45, 7) is 0. The van der Waals surface area contributed by atoms with Crippen LogP contribution in [0.2, 0.25) is 0 Å². The van der Waals surface area contributed by atoms with Crippen molar-refractivity contribution in [3.63, 3.8) is 0 Å². The molecule has 1 heterocycles. The molecular weight excluding hydrogens is 309 g/mol. The van der Waals surface area contributed by atoms with Crippen molar-refractivity contribution >= 4 is 21.7 Å². The Labute approximate surface area is 109 Å². The van der Waals surface area contributed by atoms with E-state index in [2.05, 4.69) is 20.9 Å². The summed E-state index contributed by atoms with van der Waals surface area (Å²) in [5.74, 6) is -0.585. The zero-order valence-electron chi connectivity index (χ0n) is 9.13. The fraction of sp³-hybridized carbons (Fsp3) is 0.100. The minimum absolute atomic E-state index is 0.0210. The van der Waals surface area contributed by atoms with Crippen LogP contribution in [0.25, 0.3) is 0 Å². The van der Waals surface area contributed by atoms with Crippen LogP contribution in [0.4, 0.5) is 10.2 Å². The summed E-state index contributed by atoms with van der Waals surface area (Å²) in [6, 6.07) is 3.77. The third-order valence-electron chi connectivity index (χ3n) is 2.14. The normalized spacial score (nSPS) is 10.4. The van der Waals surface area contributed by atoms with Crippen molar-refractivity contribution in [1.82, 2.24) is 9.55 Å². The van der Waals surface area contributed by atoms with E-state index < -0.39 is 16.6 Å². The molecule has 0 fully saturated rings. The number of imidazole rings is 1. The van der Waals surface area contributed by atoms with Crippen LogP contribution in [0, 0.1) is 15.9 Å². The quantitative estimate of drug-likeness (QED) is 0.644. The first-order valence-corrected chi connectivity index (χ1v) is 5.57. The Morgan fingerprint density at radius 3 is 2.89 bits per heavy atom. The van der Waals surface area contributed by atoms with E-state index in [1.807, 2.05) is 0 Å². The van der Waals surface area contributed by atoms with E-state index in [1.54, 1.807) is 7.05 Å². The number of hydrogen-bond acceptors (Lipinski definition) is 4. The maximum absolute atomic E-state index is 12.9. The predicted octanol–water partition coefficient (Wildman–Crippen LogP) is 3.02. The molecule has 0 saturated carbocycles. The molecule has 1 aromatic heterocycles. The second kappa shape index (κ2) is 4.73. The van der Waals surface area contributed by atoms with Crippen molar-refractivity contribution in [2.45, 2.75) is 0 Å². The first-order chi connectivity index (χ1) is 8.49. The van der Waals surface area contributed by atoms with Gasteiger partial charge in [0, 0.05) is 7.05 Å². The Balaban J connectivity index is 2.39. The summed E-state index contributed by atoms with van der Waals surface area (Å²) in [6.07, 6.45) is 1.27. The van der Waals surface area contributed by atoms with Crippen molar-refractivity contribution in [1.29, 1.82) is 0 Å². The largest absolute Gasteiger partial charge is 0.432 e. The monoisotopic (exact) mass is 315 g/mol. The first kappa shape index (κ1) is 12.5. The zero-order chi connectivity index (χ0) is 13.3. The topological polar surface area (TPSA) is 70.2 Å². The average molecular weight is 316 g/mol. The minimum atomic E-state index is -0.646. The van der Waals surface area contributed by atoms with Crippen LogP contribution in [0.5, 0.6) is 11.6 Å². The van der Waals surface area contributed by atoms with Crippen LogP contribution < -0.4 is 4.74 Å². The molecule has 2 aromatic rings. The standard InChI is InChI=1S/C10H7BrFN3O3/c1-14-5-13-9(15(16)17)10(14)18-8-3-2-6(12)4-7(8)11/h2-5H,1H3. The number of nitrogens with zero attached hydrogens (tertiary/aromatic N) is 3. The molecule has 0 radical (unpaired) electrons. The van der Waals surface area contributed by atoms with E-state index in [0.717, 1.165) is 0 Å². The van der Waals surface area contributed by atoms with Crippen LogP contribution in [0.3, 0.4) is 0 Å². The highest BCUT2D eigenvalue weighted by atomic mass is 79.9. The molecular formula is C10H7BrFN3O3. The minimum Gasteiger partial charge on any atom is -0.432 e. The van der Waals surface area contributed by atoms with E-state index in [0.29, 0.717) is 4.47 Å². The van der Waals surface area contributed by atoms with E-state index in [1.165, 1.54) is 29.1 Å². The highest BCUT2D eigenvalue weighted by molar-refractivity contribution is 9.10. The lowest BCUT2D eigenvalue weighted by Gasteiger charge is -2.07. The number of rotatable bonds is 3. The molecule has 0 saturated heterocycles. The lowest BCUT2D eigenvalue weighted by Crippen LogP contribution is -1.97. The van der Waals surface area contributed by atoms with Gasteiger partial charge in [0.25, 0.3) is 0 Å². The molecule has 2 rings (SSSR count). The number of benzene rings is 1. The number of nitro groups is 1. The molecule has 0 aliphatic carbocycles. The Bertz CT molecular complexity index is 614. The van der Waals surface area contributed by atoms with E-state index in [-0.39, 0.29) is 11.6 Å². The van der Waals surface area contributed by atoms with Gasteiger partial charge < -0.3 is 14.9 Å². The van der Waals surface area contributed by atoms with E-state index in [4.69, 9.17) is 4.74 Å². The third-order valence-corrected chi connectivity index (χ3v) is 2.76. The van der Waals surface area contributed by atoms with Gasteiger partial charge in [-0.15, -0.1) is 0 Å². The summed E-state index contributed by atoms with van der Waals surface area (Å²) in [4.78, 5) is 13.7. The molecule has 0 N–H and O–H groups in total. The van der Waals surface area contributed by atoms with Gasteiger partial charge in [0.15, 0.2) is 0 Å². The smallest absolute Gasteiger partial charge is 0.427 e. The number of aryl methyl sites for hydroxylation is 1. The first-order valence-electron chi connectivity index (χ1n) is 4.77. The van der Waals surface area contributed by atoms with Crippen LogP contribution in [-0.2, 0) is 7.05 Å². The van der Waals surface area contributed by atoms with Crippen LogP contribution in [0.1, 0.15) is 0 Å². The Morgan fingerprint density at radius 2 is 2.28 bits per heavy atom. The summed E-state index contributed by atoms with van der Waals surface area (Å²) in [5, 5.41) is 10.7. The summed E-state index contributed by atoms with van der Waals surface area (Å²) in [5.41, 5.74) is 0. The number of aromatic nitrogens is 2. The highest BCUT2D eigenvalue weighted by Gasteiger charge is 2.23. The lowest BCUT2D eigenvalue weighted by molar-refractivity contribution is -0.390. The van der Waals surface area contributed by atoms with Crippen molar-refractivity contribution in [3.8, 4) is 11.6 Å². The maximum atomic E-state index is 12.9. The second-order valence-electron chi connectivity index (χ2n) is 3.42. The maximum Gasteiger partial charge on any atom is 0.427 e. The molecule has 0 spiro atoms. The number of hydrogen-bond donors (Lipinski definition) is 0. The van der Waals surface area contributed by atoms with Crippen molar-refractivity contribution < 1.29 is 14.1 Å². The van der Waals surface area contributed by atoms with Gasteiger partial charge in [0.2, 0.25) is 6.33 Å². The molecule has 0 aliphatic rings. The van der Waals surface area contributed by atoms with Crippen LogP contribution in [0.15, 0.2) is 29.0 Å². The molecule has 8 heteroatoms. The summed E-state index contributed by atoms with van der Waals surface area (Å²) in [7, 11) is 1.56. The summed E-state index contributed by atoms with van der Waals surface area (Å²) < 4.78 is 20.0. The Kier molecular flexibility index (Phi) is 3.28.